The summed E-state index contributed by atoms with van der Waals surface area (Å²) < 4.78 is 10.6. The fraction of sp³-hybridized carbons (Fsp3) is 0.240. The Bertz CT molecular complexity index is 1140. The Kier molecular flexibility index (Phi) is 6.44. The third-order valence-corrected chi connectivity index (χ3v) is 5.67. The Morgan fingerprint density at radius 2 is 1.64 bits per heavy atom. The molecule has 1 aromatic heterocycles. The number of ether oxygens (including phenoxy) is 1. The molecular weight excluding hydrogens is 424 g/mol. The molecule has 0 saturated carbocycles. The Balaban J connectivity index is 1.33. The van der Waals surface area contributed by atoms with E-state index < -0.39 is 24.0 Å². The second-order valence-corrected chi connectivity index (χ2v) is 7.72. The fourth-order valence-corrected chi connectivity index (χ4v) is 4.02. The van der Waals surface area contributed by atoms with Crippen molar-refractivity contribution in [2.75, 3.05) is 6.61 Å². The van der Waals surface area contributed by atoms with Crippen LogP contribution in [0.25, 0.3) is 11.1 Å². The Labute approximate surface area is 190 Å². The number of aromatic carboxylic acids is 1. The lowest BCUT2D eigenvalue weighted by Crippen LogP contribution is -2.46. The average Bonchev–Trinajstić information content (AvgIpc) is 3.43. The van der Waals surface area contributed by atoms with Crippen LogP contribution in [-0.4, -0.2) is 35.7 Å². The standard InChI is InChI=1S/C25H24N2O6/c1-2-21(23(28)26-13-15-11-12-22(33-15)24(29)30)27-25(31)32-14-20-18-9-5-3-7-16(18)17-8-4-6-10-19(17)20/h3-12,20-21H,2,13-14H2,1H3,(H,26,28)(H,27,31)(H,29,30)/t21-/m1/s1. The van der Waals surface area contributed by atoms with Crippen molar-refractivity contribution in [3.05, 3.63) is 83.3 Å². The van der Waals surface area contributed by atoms with Gasteiger partial charge in [-0.15, -0.1) is 0 Å². The van der Waals surface area contributed by atoms with Crippen LogP contribution >= 0.6 is 0 Å². The summed E-state index contributed by atoms with van der Waals surface area (Å²) >= 11 is 0. The molecule has 0 saturated heterocycles. The summed E-state index contributed by atoms with van der Waals surface area (Å²) in [4.78, 5) is 35.8. The number of amides is 2. The van der Waals surface area contributed by atoms with Gasteiger partial charge in [-0.2, -0.15) is 0 Å². The van der Waals surface area contributed by atoms with Crippen LogP contribution in [0.2, 0.25) is 0 Å². The number of alkyl carbamates (subject to hydrolysis) is 1. The number of carbonyl (C=O) groups is 3. The smallest absolute Gasteiger partial charge is 0.407 e. The maximum Gasteiger partial charge on any atom is 0.407 e. The number of hydrogen-bond donors (Lipinski definition) is 3. The molecule has 1 atom stereocenters. The third-order valence-electron chi connectivity index (χ3n) is 5.67. The topological polar surface area (TPSA) is 118 Å². The second-order valence-electron chi connectivity index (χ2n) is 7.72. The summed E-state index contributed by atoms with van der Waals surface area (Å²) in [5, 5.41) is 14.1. The van der Waals surface area contributed by atoms with Gasteiger partial charge >= 0.3 is 12.1 Å². The molecule has 3 N–H and O–H groups in total. The quantitative estimate of drug-likeness (QED) is 0.481. The van der Waals surface area contributed by atoms with Crippen LogP contribution in [0.5, 0.6) is 0 Å². The molecule has 0 fully saturated rings. The minimum atomic E-state index is -1.18. The summed E-state index contributed by atoms with van der Waals surface area (Å²) in [6.45, 7) is 1.93. The van der Waals surface area contributed by atoms with Crippen LogP contribution in [-0.2, 0) is 16.1 Å². The number of benzene rings is 2. The summed E-state index contributed by atoms with van der Waals surface area (Å²) in [5.41, 5.74) is 4.49. The summed E-state index contributed by atoms with van der Waals surface area (Å²) in [6.07, 6.45) is -0.320. The van der Waals surface area contributed by atoms with Gasteiger partial charge in [0.1, 0.15) is 18.4 Å². The molecule has 0 unspecified atom stereocenters. The first-order valence-electron chi connectivity index (χ1n) is 10.7. The van der Waals surface area contributed by atoms with Crippen LogP contribution in [0.4, 0.5) is 4.79 Å². The molecule has 8 heteroatoms. The molecule has 0 bridgehead atoms. The highest BCUT2D eigenvalue weighted by Gasteiger charge is 2.29. The highest BCUT2D eigenvalue weighted by atomic mass is 16.5. The van der Waals surface area contributed by atoms with Crippen molar-refractivity contribution in [3.63, 3.8) is 0 Å². The zero-order valence-corrected chi connectivity index (χ0v) is 18.0. The number of carbonyl (C=O) groups excluding carboxylic acids is 2. The largest absolute Gasteiger partial charge is 0.475 e. The van der Waals surface area contributed by atoms with Crippen LogP contribution in [0, 0.1) is 0 Å². The minimum absolute atomic E-state index is 0.00891. The lowest BCUT2D eigenvalue weighted by Gasteiger charge is -2.18. The van der Waals surface area contributed by atoms with Gasteiger partial charge in [-0.3, -0.25) is 4.79 Å². The normalized spacial score (nSPS) is 13.0. The number of rotatable bonds is 8. The molecule has 0 radical (unpaired) electrons. The number of nitrogens with one attached hydrogen (secondary N) is 2. The van der Waals surface area contributed by atoms with Gasteiger partial charge in [0.25, 0.3) is 0 Å². The predicted octanol–water partition coefficient (Wildman–Crippen LogP) is 3.91. The molecule has 2 amide bonds. The van der Waals surface area contributed by atoms with E-state index in [1.54, 1.807) is 6.92 Å². The van der Waals surface area contributed by atoms with E-state index in [4.69, 9.17) is 14.3 Å². The SMILES string of the molecule is CC[C@@H](NC(=O)OCC1c2ccccc2-c2ccccc21)C(=O)NCc1ccc(C(=O)O)o1. The monoisotopic (exact) mass is 448 g/mol. The predicted molar refractivity (Wildman–Crippen MR) is 120 cm³/mol. The summed E-state index contributed by atoms with van der Waals surface area (Å²) in [6, 6.07) is 18.1. The van der Waals surface area contributed by atoms with E-state index in [-0.39, 0.29) is 24.8 Å². The molecule has 1 heterocycles. The maximum absolute atomic E-state index is 12.5. The number of furan rings is 1. The number of hydrogen-bond acceptors (Lipinski definition) is 5. The van der Waals surface area contributed by atoms with Gasteiger partial charge in [0.05, 0.1) is 6.54 Å². The molecule has 4 rings (SSSR count). The number of carboxylic acid groups (broad SMARTS) is 1. The molecule has 1 aliphatic rings. The van der Waals surface area contributed by atoms with E-state index in [1.165, 1.54) is 12.1 Å². The zero-order valence-electron chi connectivity index (χ0n) is 18.0. The molecular formula is C25H24N2O6. The van der Waals surface area contributed by atoms with Gasteiger partial charge in [-0.05, 0) is 40.8 Å². The van der Waals surface area contributed by atoms with Gasteiger partial charge in [0.15, 0.2) is 0 Å². The lowest BCUT2D eigenvalue weighted by atomic mass is 9.98. The van der Waals surface area contributed by atoms with Crippen LogP contribution in [0.3, 0.4) is 0 Å². The molecule has 2 aromatic carbocycles. The Hall–Kier alpha value is -4.07. The molecule has 0 spiro atoms. The zero-order chi connectivity index (χ0) is 23.4. The molecule has 0 aliphatic heterocycles. The van der Waals surface area contributed by atoms with Crippen LogP contribution < -0.4 is 10.6 Å². The second kappa shape index (κ2) is 9.60. The maximum atomic E-state index is 12.5. The van der Waals surface area contributed by atoms with E-state index in [0.29, 0.717) is 12.2 Å². The number of carboxylic acids is 1. The van der Waals surface area contributed by atoms with Crippen LogP contribution in [0.1, 0.15) is 46.7 Å². The molecule has 33 heavy (non-hydrogen) atoms. The molecule has 1 aliphatic carbocycles. The van der Waals surface area contributed by atoms with E-state index in [9.17, 15) is 14.4 Å². The van der Waals surface area contributed by atoms with Crippen molar-refractivity contribution < 1.29 is 28.6 Å². The van der Waals surface area contributed by atoms with Crippen molar-refractivity contribution in [1.29, 1.82) is 0 Å². The van der Waals surface area contributed by atoms with Gasteiger partial charge in [-0.25, -0.2) is 9.59 Å². The minimum Gasteiger partial charge on any atom is -0.475 e. The van der Waals surface area contributed by atoms with Gasteiger partial charge in [0, 0.05) is 5.92 Å². The van der Waals surface area contributed by atoms with Crippen molar-refractivity contribution in [2.45, 2.75) is 31.8 Å². The Morgan fingerprint density at radius 3 is 2.21 bits per heavy atom. The first-order chi connectivity index (χ1) is 16.0. The summed E-state index contributed by atoms with van der Waals surface area (Å²) in [5.74, 6) is -1.57. The third kappa shape index (κ3) is 4.74. The van der Waals surface area contributed by atoms with Gasteiger partial charge in [-0.1, -0.05) is 55.5 Å². The van der Waals surface area contributed by atoms with E-state index in [2.05, 4.69) is 22.8 Å². The van der Waals surface area contributed by atoms with Crippen molar-refractivity contribution >= 4 is 18.0 Å². The highest BCUT2D eigenvalue weighted by molar-refractivity contribution is 5.86. The van der Waals surface area contributed by atoms with Crippen molar-refractivity contribution in [2.24, 2.45) is 0 Å². The highest BCUT2D eigenvalue weighted by Crippen LogP contribution is 2.44. The first-order valence-corrected chi connectivity index (χ1v) is 10.7. The first kappa shape index (κ1) is 22.1. The fourth-order valence-electron chi connectivity index (χ4n) is 4.02. The van der Waals surface area contributed by atoms with Gasteiger partial charge < -0.3 is 24.9 Å². The van der Waals surface area contributed by atoms with Crippen molar-refractivity contribution in [1.82, 2.24) is 10.6 Å². The van der Waals surface area contributed by atoms with Crippen molar-refractivity contribution in [3.8, 4) is 11.1 Å². The molecule has 170 valence electrons. The summed E-state index contributed by atoms with van der Waals surface area (Å²) in [7, 11) is 0. The van der Waals surface area contributed by atoms with E-state index in [1.807, 2.05) is 36.4 Å². The molecule has 8 nitrogen and oxygen atoms in total. The number of fused-ring (bicyclic) bond motifs is 3. The molecule has 3 aromatic rings. The van der Waals surface area contributed by atoms with Gasteiger partial charge in [0.2, 0.25) is 11.7 Å². The van der Waals surface area contributed by atoms with E-state index in [0.717, 1.165) is 22.3 Å². The lowest BCUT2D eigenvalue weighted by molar-refractivity contribution is -0.123. The van der Waals surface area contributed by atoms with Crippen LogP contribution in [0.15, 0.2) is 65.1 Å². The Morgan fingerprint density at radius 1 is 1.00 bits per heavy atom. The van der Waals surface area contributed by atoms with E-state index >= 15 is 0 Å². The average molecular weight is 448 g/mol.